The fraction of sp³-hybridized carbons (Fsp3) is 0.857. The molecule has 8 heteroatoms. The molecule has 15 heavy (non-hydrogen) atoms. The van der Waals surface area contributed by atoms with Gasteiger partial charge in [-0.2, -0.15) is 8.42 Å². The van der Waals surface area contributed by atoms with E-state index in [0.717, 1.165) is 0 Å². The van der Waals surface area contributed by atoms with E-state index in [9.17, 15) is 13.2 Å². The Bertz CT molecular complexity index is 303. The van der Waals surface area contributed by atoms with E-state index in [1.807, 2.05) is 0 Å². The first-order valence-corrected chi connectivity index (χ1v) is 6.00. The molecular formula is C7H17N3O4S. The van der Waals surface area contributed by atoms with Crippen LogP contribution in [-0.2, 0) is 14.9 Å². The van der Waals surface area contributed by atoms with Crippen LogP contribution in [-0.4, -0.2) is 43.1 Å². The van der Waals surface area contributed by atoms with Gasteiger partial charge in [-0.05, 0) is 19.4 Å². The minimum Gasteiger partial charge on any atom is -0.330 e. The van der Waals surface area contributed by atoms with Crippen molar-refractivity contribution in [3.05, 3.63) is 0 Å². The van der Waals surface area contributed by atoms with Crippen LogP contribution in [0, 0.1) is 0 Å². The molecule has 0 spiro atoms. The van der Waals surface area contributed by atoms with Crippen molar-refractivity contribution in [2.45, 2.75) is 24.1 Å². The van der Waals surface area contributed by atoms with E-state index in [1.165, 1.54) is 0 Å². The predicted octanol–water partition coefficient (Wildman–Crippen LogP) is -2.16. The van der Waals surface area contributed by atoms with Gasteiger partial charge in [-0.1, -0.05) is 0 Å². The van der Waals surface area contributed by atoms with E-state index in [4.69, 9.17) is 21.8 Å². The molecule has 0 aliphatic heterocycles. The van der Waals surface area contributed by atoms with Gasteiger partial charge in [0.05, 0.1) is 6.04 Å². The van der Waals surface area contributed by atoms with Gasteiger partial charge in [-0.25, -0.2) is 0 Å². The van der Waals surface area contributed by atoms with Gasteiger partial charge in [0.1, 0.15) is 0 Å². The third-order valence-electron chi connectivity index (χ3n) is 1.98. The molecule has 0 rings (SSSR count). The lowest BCUT2D eigenvalue weighted by Gasteiger charge is -2.15. The predicted molar refractivity (Wildman–Crippen MR) is 55.7 cm³/mol. The monoisotopic (exact) mass is 239 g/mol. The molecule has 7 N–H and O–H groups in total. The highest BCUT2D eigenvalue weighted by molar-refractivity contribution is 7.87. The fourth-order valence-corrected chi connectivity index (χ4v) is 1.81. The van der Waals surface area contributed by atoms with Gasteiger partial charge in [0.15, 0.2) is 11.0 Å². The largest absolute Gasteiger partial charge is 0.330 e. The summed E-state index contributed by atoms with van der Waals surface area (Å²) in [6, 6.07) is -0.955. The summed E-state index contributed by atoms with van der Waals surface area (Å²) in [6.45, 7) is -0.117. The van der Waals surface area contributed by atoms with E-state index in [2.05, 4.69) is 0 Å². The van der Waals surface area contributed by atoms with E-state index in [0.29, 0.717) is 13.0 Å². The van der Waals surface area contributed by atoms with Gasteiger partial charge >= 0.3 is 0 Å². The first-order chi connectivity index (χ1) is 6.84. The number of carbonyl (C=O) groups excluding carboxylic acids is 1. The second kappa shape index (κ2) is 6.13. The molecule has 0 amide bonds. The second-order valence-electron chi connectivity index (χ2n) is 3.18. The number of hydrogen-bond acceptors (Lipinski definition) is 6. The number of rotatable bonds is 7. The summed E-state index contributed by atoms with van der Waals surface area (Å²) in [4.78, 5) is 11.4. The number of nitrogens with two attached hydrogens (primary N) is 3. The van der Waals surface area contributed by atoms with Crippen molar-refractivity contribution in [2.24, 2.45) is 17.2 Å². The van der Waals surface area contributed by atoms with Crippen molar-refractivity contribution in [3.63, 3.8) is 0 Å². The summed E-state index contributed by atoms with van der Waals surface area (Å²) in [6.07, 6.45) is 0.789. The van der Waals surface area contributed by atoms with Crippen LogP contribution in [0.4, 0.5) is 0 Å². The second-order valence-corrected chi connectivity index (χ2v) is 4.78. The highest BCUT2D eigenvalue weighted by Crippen LogP contribution is 2.04. The van der Waals surface area contributed by atoms with Crippen molar-refractivity contribution in [1.82, 2.24) is 0 Å². The third kappa shape index (κ3) is 4.67. The molecule has 0 heterocycles. The number of carbonyl (C=O) groups is 1. The molecule has 0 aromatic carbocycles. The maximum Gasteiger partial charge on any atom is 0.276 e. The van der Waals surface area contributed by atoms with Crippen LogP contribution in [0.3, 0.4) is 0 Å². The van der Waals surface area contributed by atoms with Crippen LogP contribution in [0.2, 0.25) is 0 Å². The molecule has 0 radical (unpaired) electrons. The Labute approximate surface area is 88.7 Å². The Morgan fingerprint density at radius 1 is 1.33 bits per heavy atom. The molecule has 0 saturated carbocycles. The Hall–Kier alpha value is -0.540. The van der Waals surface area contributed by atoms with Gasteiger partial charge in [0.2, 0.25) is 0 Å². The molecule has 0 aliphatic carbocycles. The maximum absolute atomic E-state index is 11.4. The van der Waals surface area contributed by atoms with Gasteiger partial charge in [0, 0.05) is 6.54 Å². The Morgan fingerprint density at radius 2 is 1.87 bits per heavy atom. The summed E-state index contributed by atoms with van der Waals surface area (Å²) >= 11 is 0. The van der Waals surface area contributed by atoms with Crippen molar-refractivity contribution >= 4 is 15.9 Å². The maximum atomic E-state index is 11.4. The van der Waals surface area contributed by atoms with Crippen molar-refractivity contribution in [1.29, 1.82) is 0 Å². The zero-order chi connectivity index (χ0) is 12.1. The fourth-order valence-electron chi connectivity index (χ4n) is 1.10. The van der Waals surface area contributed by atoms with Crippen LogP contribution < -0.4 is 17.2 Å². The van der Waals surface area contributed by atoms with Crippen molar-refractivity contribution < 1.29 is 17.8 Å². The number of Topliss-reactive ketones (excluding diaryl/α,β-unsaturated/α-hetero) is 1. The van der Waals surface area contributed by atoms with Crippen LogP contribution in [0.5, 0.6) is 0 Å². The highest BCUT2D eigenvalue weighted by atomic mass is 32.2. The molecule has 0 fully saturated rings. The van der Waals surface area contributed by atoms with Gasteiger partial charge in [0.25, 0.3) is 10.1 Å². The molecule has 0 aromatic rings. The lowest BCUT2D eigenvalue weighted by atomic mass is 10.1. The summed E-state index contributed by atoms with van der Waals surface area (Å²) in [5.41, 5.74) is 15.7. The Morgan fingerprint density at radius 3 is 2.20 bits per heavy atom. The SMILES string of the molecule is NCCCC(N)C(=O)C(CN)S(=O)(=O)O. The molecule has 7 nitrogen and oxygen atoms in total. The van der Waals surface area contributed by atoms with E-state index < -0.39 is 33.7 Å². The summed E-state index contributed by atoms with van der Waals surface area (Å²) in [7, 11) is -4.47. The lowest BCUT2D eigenvalue weighted by Crippen LogP contribution is -2.46. The summed E-state index contributed by atoms with van der Waals surface area (Å²) in [5.74, 6) is -0.770. The molecule has 2 unspecified atom stereocenters. The standard InChI is InChI=1S/C7H17N3O4S/c8-3-1-2-5(10)7(11)6(4-9)15(12,13)14/h5-6H,1-4,8-10H2,(H,12,13,14). The third-order valence-corrected chi connectivity index (χ3v) is 3.12. The number of ketones is 1. The van der Waals surface area contributed by atoms with E-state index in [1.54, 1.807) is 0 Å². The minimum atomic E-state index is -4.47. The Balaban J connectivity index is 4.53. The smallest absolute Gasteiger partial charge is 0.276 e. The first kappa shape index (κ1) is 14.5. The van der Waals surface area contributed by atoms with Crippen LogP contribution in [0.15, 0.2) is 0 Å². The highest BCUT2D eigenvalue weighted by Gasteiger charge is 2.32. The van der Waals surface area contributed by atoms with Gasteiger partial charge < -0.3 is 17.2 Å². The normalized spacial score (nSPS) is 16.0. The molecule has 0 saturated heterocycles. The molecule has 2 atom stereocenters. The molecular weight excluding hydrogens is 222 g/mol. The summed E-state index contributed by atoms with van der Waals surface area (Å²) < 4.78 is 30.2. The minimum absolute atomic E-state index is 0.279. The van der Waals surface area contributed by atoms with Crippen LogP contribution >= 0.6 is 0 Å². The molecule has 0 bridgehead atoms. The lowest BCUT2D eigenvalue weighted by molar-refractivity contribution is -0.120. The summed E-state index contributed by atoms with van der Waals surface area (Å²) in [5, 5.41) is -1.63. The van der Waals surface area contributed by atoms with Crippen molar-refractivity contribution in [2.75, 3.05) is 13.1 Å². The number of hydrogen-bond donors (Lipinski definition) is 4. The quantitative estimate of drug-likeness (QED) is 0.369. The topological polar surface area (TPSA) is 149 Å². The van der Waals surface area contributed by atoms with Crippen LogP contribution in [0.1, 0.15) is 12.8 Å². The zero-order valence-corrected chi connectivity index (χ0v) is 9.11. The molecule has 0 aliphatic rings. The average molecular weight is 239 g/mol. The van der Waals surface area contributed by atoms with Crippen LogP contribution in [0.25, 0.3) is 0 Å². The van der Waals surface area contributed by atoms with Gasteiger partial charge in [-0.15, -0.1) is 0 Å². The first-order valence-electron chi connectivity index (χ1n) is 4.50. The van der Waals surface area contributed by atoms with Crippen molar-refractivity contribution in [3.8, 4) is 0 Å². The Kier molecular flexibility index (Phi) is 5.91. The average Bonchev–Trinajstić information content (AvgIpc) is 2.12. The van der Waals surface area contributed by atoms with E-state index >= 15 is 0 Å². The van der Waals surface area contributed by atoms with Gasteiger partial charge in [-0.3, -0.25) is 9.35 Å². The molecule has 90 valence electrons. The zero-order valence-electron chi connectivity index (χ0n) is 8.30. The molecule has 0 aromatic heterocycles. The van der Waals surface area contributed by atoms with E-state index in [-0.39, 0.29) is 6.42 Å².